The maximum Gasteiger partial charge on any atom is 0.166 e. The molecular formula is C23H24Cl2FN5O2. The van der Waals surface area contributed by atoms with Crippen molar-refractivity contribution >= 4 is 29.0 Å². The van der Waals surface area contributed by atoms with Crippen LogP contribution in [0.2, 0.25) is 10.0 Å². The SMILES string of the molecule is CC(Oc1cc(-c2cnn(C3COC4CNCC4C3)c2)cnc1N)c1c(Cl)ccc(F)c1Cl. The Labute approximate surface area is 201 Å². The van der Waals surface area contributed by atoms with E-state index < -0.39 is 11.9 Å². The van der Waals surface area contributed by atoms with Crippen molar-refractivity contribution in [1.29, 1.82) is 0 Å². The van der Waals surface area contributed by atoms with Crippen molar-refractivity contribution < 1.29 is 13.9 Å². The molecule has 1 aromatic carbocycles. The molecule has 2 saturated heterocycles. The summed E-state index contributed by atoms with van der Waals surface area (Å²) in [4.78, 5) is 4.27. The molecule has 0 saturated carbocycles. The molecule has 2 aliphatic heterocycles. The Balaban J connectivity index is 1.36. The van der Waals surface area contributed by atoms with Crippen LogP contribution < -0.4 is 15.8 Å². The van der Waals surface area contributed by atoms with Crippen LogP contribution in [0.5, 0.6) is 5.75 Å². The lowest BCUT2D eigenvalue weighted by Crippen LogP contribution is -2.34. The summed E-state index contributed by atoms with van der Waals surface area (Å²) in [5.41, 5.74) is 8.09. The summed E-state index contributed by atoms with van der Waals surface area (Å²) in [6.45, 7) is 4.28. The molecule has 0 spiro atoms. The largest absolute Gasteiger partial charge is 0.482 e. The van der Waals surface area contributed by atoms with Crippen LogP contribution in [-0.2, 0) is 4.74 Å². The maximum atomic E-state index is 13.9. The van der Waals surface area contributed by atoms with Crippen LogP contribution in [0.15, 0.2) is 36.8 Å². The number of nitrogens with two attached hydrogens (primary N) is 1. The zero-order valence-corrected chi connectivity index (χ0v) is 19.5. The third-order valence-electron chi connectivity index (χ3n) is 6.34. The first-order valence-corrected chi connectivity index (χ1v) is 11.6. The molecule has 10 heteroatoms. The van der Waals surface area contributed by atoms with Crippen molar-refractivity contribution in [3.63, 3.8) is 0 Å². The molecule has 0 bridgehead atoms. The summed E-state index contributed by atoms with van der Waals surface area (Å²) in [5, 5.41) is 8.19. The fraction of sp³-hybridized carbons (Fsp3) is 0.391. The summed E-state index contributed by atoms with van der Waals surface area (Å²) in [7, 11) is 0. The van der Waals surface area contributed by atoms with Gasteiger partial charge >= 0.3 is 0 Å². The molecule has 0 amide bonds. The molecule has 0 radical (unpaired) electrons. The average molecular weight is 492 g/mol. The summed E-state index contributed by atoms with van der Waals surface area (Å²) >= 11 is 12.4. The number of aromatic nitrogens is 3. The number of anilines is 1. The van der Waals surface area contributed by atoms with Crippen LogP contribution in [-0.4, -0.2) is 40.6 Å². The van der Waals surface area contributed by atoms with Gasteiger partial charge in [-0.15, -0.1) is 0 Å². The van der Waals surface area contributed by atoms with Gasteiger partial charge in [0.2, 0.25) is 0 Å². The normalized spacial score (nSPS) is 23.3. The molecule has 2 fully saturated rings. The maximum absolute atomic E-state index is 13.9. The lowest BCUT2D eigenvalue weighted by atomic mass is 9.94. The van der Waals surface area contributed by atoms with Crippen LogP contribution >= 0.6 is 23.2 Å². The Morgan fingerprint density at radius 1 is 1.27 bits per heavy atom. The minimum absolute atomic E-state index is 0.0756. The van der Waals surface area contributed by atoms with Gasteiger partial charge in [0.05, 0.1) is 30.0 Å². The number of hydrogen-bond donors (Lipinski definition) is 2. The van der Waals surface area contributed by atoms with Gasteiger partial charge in [-0.2, -0.15) is 5.10 Å². The number of benzene rings is 1. The van der Waals surface area contributed by atoms with Gasteiger partial charge in [-0.3, -0.25) is 4.68 Å². The number of fused-ring (bicyclic) bond motifs is 1. The predicted molar refractivity (Wildman–Crippen MR) is 125 cm³/mol. The number of hydrogen-bond acceptors (Lipinski definition) is 6. The van der Waals surface area contributed by atoms with E-state index in [0.717, 1.165) is 30.6 Å². The van der Waals surface area contributed by atoms with Gasteiger partial charge in [-0.05, 0) is 31.5 Å². The van der Waals surface area contributed by atoms with Gasteiger partial charge in [0.15, 0.2) is 11.6 Å². The molecule has 4 atom stereocenters. The van der Waals surface area contributed by atoms with E-state index in [-0.39, 0.29) is 16.9 Å². The molecule has 4 heterocycles. The first kappa shape index (κ1) is 22.4. The number of nitrogens with zero attached hydrogens (tertiary/aromatic N) is 3. The summed E-state index contributed by atoms with van der Waals surface area (Å²) in [5.74, 6) is 0.509. The molecule has 3 N–H and O–H groups in total. The van der Waals surface area contributed by atoms with Gasteiger partial charge in [0, 0.05) is 53.1 Å². The van der Waals surface area contributed by atoms with Crippen molar-refractivity contribution in [3.05, 3.63) is 58.2 Å². The Morgan fingerprint density at radius 3 is 2.97 bits per heavy atom. The van der Waals surface area contributed by atoms with Gasteiger partial charge in [0.1, 0.15) is 11.9 Å². The fourth-order valence-corrected chi connectivity index (χ4v) is 5.21. The zero-order valence-electron chi connectivity index (χ0n) is 18.0. The van der Waals surface area contributed by atoms with E-state index in [9.17, 15) is 4.39 Å². The number of nitrogens with one attached hydrogen (secondary N) is 1. The van der Waals surface area contributed by atoms with E-state index in [0.29, 0.717) is 35.0 Å². The Hall–Kier alpha value is -2.39. The van der Waals surface area contributed by atoms with Crippen molar-refractivity contribution in [2.45, 2.75) is 31.6 Å². The quantitative estimate of drug-likeness (QED) is 0.504. The second-order valence-corrected chi connectivity index (χ2v) is 9.30. The first-order chi connectivity index (χ1) is 15.9. The monoisotopic (exact) mass is 491 g/mol. The predicted octanol–water partition coefficient (Wildman–Crippen LogP) is 4.66. The standard InChI is InChI=1S/C23H24Cl2FN5O2/c1-12(21-17(24)2-3-18(26)22(21)25)33-19-5-13(7-29-23(19)27)15-8-30-31(10-15)16-4-14-6-28-9-20(14)32-11-16/h2-3,5,7-8,10,12,14,16,20,28H,4,6,9,11H2,1H3,(H2,27,29). The smallest absolute Gasteiger partial charge is 0.166 e. The molecule has 33 heavy (non-hydrogen) atoms. The lowest BCUT2D eigenvalue weighted by molar-refractivity contribution is -0.0302. The van der Waals surface area contributed by atoms with Crippen molar-refractivity contribution in [3.8, 4) is 16.9 Å². The number of nitrogen functional groups attached to an aromatic ring is 1. The molecule has 3 aromatic rings. The van der Waals surface area contributed by atoms with Gasteiger partial charge in [0.25, 0.3) is 0 Å². The van der Waals surface area contributed by atoms with Crippen LogP contribution in [0, 0.1) is 11.7 Å². The van der Waals surface area contributed by atoms with Crippen LogP contribution in [0.25, 0.3) is 11.1 Å². The van der Waals surface area contributed by atoms with Crippen molar-refractivity contribution in [2.24, 2.45) is 5.92 Å². The highest BCUT2D eigenvalue weighted by Gasteiger charge is 2.35. The molecule has 5 rings (SSSR count). The second-order valence-electron chi connectivity index (χ2n) is 8.51. The van der Waals surface area contributed by atoms with Crippen LogP contribution in [0.1, 0.15) is 31.1 Å². The summed E-state index contributed by atoms with van der Waals surface area (Å²) < 4.78 is 27.9. The highest BCUT2D eigenvalue weighted by molar-refractivity contribution is 6.36. The van der Waals surface area contributed by atoms with Gasteiger partial charge < -0.3 is 20.5 Å². The third kappa shape index (κ3) is 4.40. The molecule has 0 aliphatic carbocycles. The number of rotatable bonds is 5. The highest BCUT2D eigenvalue weighted by atomic mass is 35.5. The topological polar surface area (TPSA) is 87.2 Å². The van der Waals surface area contributed by atoms with E-state index in [1.54, 1.807) is 25.4 Å². The zero-order chi connectivity index (χ0) is 23.1. The average Bonchev–Trinajstić information content (AvgIpc) is 3.47. The van der Waals surface area contributed by atoms with E-state index in [2.05, 4.69) is 15.4 Å². The van der Waals surface area contributed by atoms with Gasteiger partial charge in [-0.1, -0.05) is 23.2 Å². The third-order valence-corrected chi connectivity index (χ3v) is 7.05. The van der Waals surface area contributed by atoms with E-state index in [4.69, 9.17) is 38.4 Å². The van der Waals surface area contributed by atoms with E-state index in [1.165, 1.54) is 12.1 Å². The van der Waals surface area contributed by atoms with Crippen molar-refractivity contribution in [1.82, 2.24) is 20.1 Å². The van der Waals surface area contributed by atoms with Crippen LogP contribution in [0.4, 0.5) is 10.2 Å². The van der Waals surface area contributed by atoms with Crippen molar-refractivity contribution in [2.75, 3.05) is 25.4 Å². The molecule has 2 aromatic heterocycles. The molecule has 7 nitrogen and oxygen atoms in total. The van der Waals surface area contributed by atoms with Gasteiger partial charge in [-0.25, -0.2) is 9.37 Å². The summed E-state index contributed by atoms with van der Waals surface area (Å²) in [6.07, 6.45) is 6.14. The Bertz CT molecular complexity index is 1170. The molecule has 174 valence electrons. The first-order valence-electron chi connectivity index (χ1n) is 10.8. The summed E-state index contributed by atoms with van der Waals surface area (Å²) in [6, 6.07) is 4.64. The molecule has 2 aliphatic rings. The van der Waals surface area contributed by atoms with E-state index >= 15 is 0 Å². The highest BCUT2D eigenvalue weighted by Crippen LogP contribution is 2.37. The number of ether oxygens (including phenoxy) is 2. The minimum atomic E-state index is -0.643. The van der Waals surface area contributed by atoms with Crippen LogP contribution in [0.3, 0.4) is 0 Å². The number of halogens is 3. The molecule has 4 unspecified atom stereocenters. The Morgan fingerprint density at radius 2 is 2.12 bits per heavy atom. The second kappa shape index (κ2) is 9.10. The van der Waals surface area contributed by atoms with E-state index in [1.807, 2.05) is 10.9 Å². The Kier molecular flexibility index (Phi) is 6.18. The lowest BCUT2D eigenvalue weighted by Gasteiger charge is -2.31. The minimum Gasteiger partial charge on any atom is -0.482 e. The number of pyridine rings is 1. The fourth-order valence-electron chi connectivity index (χ4n) is 4.53. The molecular weight excluding hydrogens is 468 g/mol.